The maximum atomic E-state index is 5.90. The first kappa shape index (κ1) is 12.8. The molecule has 0 saturated heterocycles. The summed E-state index contributed by atoms with van der Waals surface area (Å²) >= 11 is 0. The summed E-state index contributed by atoms with van der Waals surface area (Å²) in [6.45, 7) is 2.64. The lowest BCUT2D eigenvalue weighted by Gasteiger charge is -2.01. The van der Waals surface area contributed by atoms with Crippen molar-refractivity contribution in [3.05, 3.63) is 41.7 Å². The lowest BCUT2D eigenvalue weighted by atomic mass is 10.1. The Kier molecular flexibility index (Phi) is 4.12. The number of hydrogen-bond donors (Lipinski definition) is 1. The summed E-state index contributed by atoms with van der Waals surface area (Å²) in [6.07, 6.45) is 0.835. The summed E-state index contributed by atoms with van der Waals surface area (Å²) in [5.41, 5.74) is 8.87. The molecule has 4 heteroatoms. The Morgan fingerprint density at radius 3 is 2.67 bits per heavy atom. The van der Waals surface area contributed by atoms with Gasteiger partial charge >= 0.3 is 0 Å². The molecule has 0 spiro atoms. The number of hydrogen-bond acceptors (Lipinski definition) is 4. The van der Waals surface area contributed by atoms with E-state index in [-0.39, 0.29) is 6.04 Å². The van der Waals surface area contributed by atoms with Crippen molar-refractivity contribution in [1.82, 2.24) is 5.16 Å². The van der Waals surface area contributed by atoms with Crippen LogP contribution in [0.25, 0.3) is 11.3 Å². The van der Waals surface area contributed by atoms with E-state index in [9.17, 15) is 0 Å². The maximum absolute atomic E-state index is 5.90. The van der Waals surface area contributed by atoms with Crippen molar-refractivity contribution in [3.8, 4) is 11.3 Å². The molecule has 96 valence electrons. The third kappa shape index (κ3) is 2.78. The molecule has 2 N–H and O–H groups in total. The molecule has 0 radical (unpaired) electrons. The molecule has 2 rings (SSSR count). The van der Waals surface area contributed by atoms with Gasteiger partial charge in [0.15, 0.2) is 5.76 Å². The van der Waals surface area contributed by atoms with Crippen LogP contribution in [0.4, 0.5) is 0 Å². The third-order valence-corrected chi connectivity index (χ3v) is 2.89. The van der Waals surface area contributed by atoms with E-state index in [1.165, 1.54) is 0 Å². The topological polar surface area (TPSA) is 61.3 Å². The van der Waals surface area contributed by atoms with Crippen LogP contribution in [0, 0.1) is 0 Å². The molecule has 1 aromatic heterocycles. The first-order chi connectivity index (χ1) is 8.74. The second-order valence-corrected chi connectivity index (χ2v) is 4.26. The van der Waals surface area contributed by atoms with Crippen LogP contribution in [0.1, 0.15) is 30.7 Å². The predicted octanol–water partition coefficient (Wildman–Crippen LogP) is 2.90. The van der Waals surface area contributed by atoms with Gasteiger partial charge in [0.05, 0.1) is 12.6 Å². The molecule has 1 heterocycles. The van der Waals surface area contributed by atoms with Gasteiger partial charge in [0, 0.05) is 18.7 Å². The average Bonchev–Trinajstić information content (AvgIpc) is 2.89. The summed E-state index contributed by atoms with van der Waals surface area (Å²) in [7, 11) is 1.68. The Labute approximate surface area is 107 Å². The molecule has 18 heavy (non-hydrogen) atoms. The molecule has 0 bridgehead atoms. The normalized spacial score (nSPS) is 12.6. The predicted molar refractivity (Wildman–Crippen MR) is 69.9 cm³/mol. The van der Waals surface area contributed by atoms with E-state index in [1.54, 1.807) is 7.11 Å². The van der Waals surface area contributed by atoms with Gasteiger partial charge in [-0.2, -0.15) is 0 Å². The summed E-state index contributed by atoms with van der Waals surface area (Å²) in [5.74, 6) is 0.730. The minimum absolute atomic E-state index is 0.0842. The molecule has 0 aliphatic heterocycles. The van der Waals surface area contributed by atoms with Crippen LogP contribution < -0.4 is 5.73 Å². The van der Waals surface area contributed by atoms with E-state index in [2.05, 4.69) is 5.16 Å². The van der Waals surface area contributed by atoms with Gasteiger partial charge in [-0.05, 0) is 12.0 Å². The first-order valence-corrected chi connectivity index (χ1v) is 6.05. The molecule has 0 saturated carbocycles. The Bertz CT molecular complexity index is 491. The van der Waals surface area contributed by atoms with Gasteiger partial charge in [0.1, 0.15) is 5.69 Å². The number of methoxy groups -OCH3 is 1. The summed E-state index contributed by atoms with van der Waals surface area (Å²) in [4.78, 5) is 0. The summed E-state index contributed by atoms with van der Waals surface area (Å²) < 4.78 is 10.3. The molecule has 0 fully saturated rings. The number of rotatable bonds is 5. The van der Waals surface area contributed by atoms with Crippen molar-refractivity contribution in [3.63, 3.8) is 0 Å². The fraction of sp³-hybridized carbons (Fsp3) is 0.357. The van der Waals surface area contributed by atoms with E-state index in [0.717, 1.165) is 29.0 Å². The smallest absolute Gasteiger partial charge is 0.154 e. The van der Waals surface area contributed by atoms with Gasteiger partial charge in [-0.1, -0.05) is 36.3 Å². The molecule has 1 aromatic carbocycles. The molecule has 0 aliphatic carbocycles. The van der Waals surface area contributed by atoms with Crippen LogP contribution in [0.5, 0.6) is 0 Å². The molecule has 1 atom stereocenters. The SMILES string of the molecule is CCC(N)c1cc(-c2ccc(COC)cc2)no1. The van der Waals surface area contributed by atoms with Crippen molar-refractivity contribution in [2.24, 2.45) is 5.73 Å². The Morgan fingerprint density at radius 2 is 2.06 bits per heavy atom. The Balaban J connectivity index is 2.18. The zero-order chi connectivity index (χ0) is 13.0. The van der Waals surface area contributed by atoms with Crippen molar-refractivity contribution >= 4 is 0 Å². The Hall–Kier alpha value is -1.65. The molecular formula is C14H18N2O2. The quantitative estimate of drug-likeness (QED) is 0.881. The van der Waals surface area contributed by atoms with Crippen LogP contribution in [-0.2, 0) is 11.3 Å². The number of benzene rings is 1. The van der Waals surface area contributed by atoms with Crippen molar-refractivity contribution in [1.29, 1.82) is 0 Å². The molecule has 1 unspecified atom stereocenters. The highest BCUT2D eigenvalue weighted by atomic mass is 16.5. The van der Waals surface area contributed by atoms with E-state index in [1.807, 2.05) is 37.3 Å². The van der Waals surface area contributed by atoms with Crippen LogP contribution >= 0.6 is 0 Å². The van der Waals surface area contributed by atoms with Crippen LogP contribution in [-0.4, -0.2) is 12.3 Å². The van der Waals surface area contributed by atoms with Crippen LogP contribution in [0.3, 0.4) is 0 Å². The lowest BCUT2D eigenvalue weighted by molar-refractivity contribution is 0.185. The number of nitrogens with two attached hydrogens (primary N) is 1. The van der Waals surface area contributed by atoms with Crippen LogP contribution in [0.15, 0.2) is 34.9 Å². The fourth-order valence-corrected chi connectivity index (χ4v) is 1.74. The third-order valence-electron chi connectivity index (χ3n) is 2.89. The minimum Gasteiger partial charge on any atom is -0.380 e. The highest BCUT2D eigenvalue weighted by Gasteiger charge is 2.11. The van der Waals surface area contributed by atoms with Gasteiger partial charge in [-0.15, -0.1) is 0 Å². The molecule has 2 aromatic rings. The van der Waals surface area contributed by atoms with E-state index in [0.29, 0.717) is 6.61 Å². The van der Waals surface area contributed by atoms with Crippen molar-refractivity contribution in [2.75, 3.05) is 7.11 Å². The van der Waals surface area contributed by atoms with Gasteiger partial charge in [0.2, 0.25) is 0 Å². The summed E-state index contributed by atoms with van der Waals surface area (Å²) in [6, 6.07) is 9.87. The van der Waals surface area contributed by atoms with Crippen LogP contribution in [0.2, 0.25) is 0 Å². The number of ether oxygens (including phenoxy) is 1. The van der Waals surface area contributed by atoms with Gasteiger partial charge in [0.25, 0.3) is 0 Å². The molecular weight excluding hydrogens is 228 g/mol. The van der Waals surface area contributed by atoms with E-state index >= 15 is 0 Å². The zero-order valence-corrected chi connectivity index (χ0v) is 10.7. The van der Waals surface area contributed by atoms with Crippen molar-refractivity contribution in [2.45, 2.75) is 26.0 Å². The second-order valence-electron chi connectivity index (χ2n) is 4.26. The zero-order valence-electron chi connectivity index (χ0n) is 10.7. The second kappa shape index (κ2) is 5.80. The number of nitrogens with zero attached hydrogens (tertiary/aromatic N) is 1. The monoisotopic (exact) mass is 246 g/mol. The van der Waals surface area contributed by atoms with Crippen molar-refractivity contribution < 1.29 is 9.26 Å². The van der Waals surface area contributed by atoms with Gasteiger partial charge in [-0.25, -0.2) is 0 Å². The maximum Gasteiger partial charge on any atom is 0.154 e. The average molecular weight is 246 g/mol. The Morgan fingerprint density at radius 1 is 1.33 bits per heavy atom. The highest BCUT2D eigenvalue weighted by Crippen LogP contribution is 2.23. The van der Waals surface area contributed by atoms with E-state index < -0.39 is 0 Å². The van der Waals surface area contributed by atoms with E-state index in [4.69, 9.17) is 15.0 Å². The highest BCUT2D eigenvalue weighted by molar-refractivity contribution is 5.59. The lowest BCUT2D eigenvalue weighted by Crippen LogP contribution is -2.06. The standard InChI is InChI=1S/C14H18N2O2/c1-3-12(15)14-8-13(16-18-14)11-6-4-10(5-7-11)9-17-2/h4-8,12H,3,9,15H2,1-2H3. The number of aromatic nitrogens is 1. The molecule has 0 aliphatic rings. The summed E-state index contributed by atoms with van der Waals surface area (Å²) in [5, 5.41) is 4.04. The molecule has 0 amide bonds. The van der Waals surface area contributed by atoms with Gasteiger partial charge < -0.3 is 15.0 Å². The first-order valence-electron chi connectivity index (χ1n) is 6.05. The largest absolute Gasteiger partial charge is 0.380 e. The minimum atomic E-state index is -0.0842. The molecule has 4 nitrogen and oxygen atoms in total. The fourth-order valence-electron chi connectivity index (χ4n) is 1.74. The van der Waals surface area contributed by atoms with Gasteiger partial charge in [-0.3, -0.25) is 0 Å².